The summed E-state index contributed by atoms with van der Waals surface area (Å²) in [6.07, 6.45) is 3.96. The van der Waals surface area contributed by atoms with Crippen LogP contribution < -0.4 is 10.6 Å². The number of rotatable bonds is 7. The molecule has 0 saturated carbocycles. The molecule has 2 N–H and O–H groups in total. The molecule has 10 heteroatoms. The average molecular weight is 502 g/mol. The second-order valence-corrected chi connectivity index (χ2v) is 17.2. The Labute approximate surface area is 203 Å². The molecular weight excluding hydrogens is 466 g/mol. The van der Waals surface area contributed by atoms with Gasteiger partial charge in [-0.05, 0) is 36.2 Å². The molecule has 0 aliphatic carbocycles. The Morgan fingerprint density at radius 3 is 2.59 bits per heavy atom. The zero-order valence-electron chi connectivity index (χ0n) is 20.6. The van der Waals surface area contributed by atoms with E-state index in [1.807, 2.05) is 30.3 Å². The van der Waals surface area contributed by atoms with Gasteiger partial charge in [-0.25, -0.2) is 22.4 Å². The normalized spacial score (nSPS) is 19.9. The Morgan fingerprint density at radius 2 is 1.88 bits per heavy atom. The summed E-state index contributed by atoms with van der Waals surface area (Å²) in [5.41, 5.74) is 1.11. The first-order valence-electron chi connectivity index (χ1n) is 11.7. The molecule has 2 aromatic heterocycles. The third kappa shape index (κ3) is 5.35. The Morgan fingerprint density at radius 1 is 1.15 bits per heavy atom. The van der Waals surface area contributed by atoms with Crippen molar-refractivity contribution in [3.63, 3.8) is 0 Å². The van der Waals surface area contributed by atoms with Crippen LogP contribution in [0.3, 0.4) is 0 Å². The van der Waals surface area contributed by atoms with Crippen molar-refractivity contribution in [2.45, 2.75) is 63.2 Å². The molecular formula is C24H35N5O3SSi. The molecule has 0 amide bonds. The summed E-state index contributed by atoms with van der Waals surface area (Å²) in [5.74, 6) is 0.544. The summed E-state index contributed by atoms with van der Waals surface area (Å²) in [6, 6.07) is 11.0. The quantitative estimate of drug-likeness (QED) is 0.473. The van der Waals surface area contributed by atoms with Crippen molar-refractivity contribution >= 4 is 35.2 Å². The van der Waals surface area contributed by atoms with E-state index in [1.165, 1.54) is 10.3 Å². The Bertz CT molecular complexity index is 1240. The van der Waals surface area contributed by atoms with Crippen molar-refractivity contribution in [3.05, 3.63) is 54.5 Å². The van der Waals surface area contributed by atoms with Gasteiger partial charge in [-0.3, -0.25) is 0 Å². The van der Waals surface area contributed by atoms with E-state index in [2.05, 4.69) is 54.5 Å². The second-order valence-electron chi connectivity index (χ2n) is 10.5. The molecule has 1 fully saturated rings. The number of benzene rings is 1. The fourth-order valence-electron chi connectivity index (χ4n) is 4.01. The predicted molar refractivity (Wildman–Crippen MR) is 139 cm³/mol. The number of piperidine rings is 1. The molecule has 1 aliphatic heterocycles. The fourth-order valence-corrected chi connectivity index (χ4v) is 6.79. The van der Waals surface area contributed by atoms with Gasteiger partial charge < -0.3 is 15.1 Å². The van der Waals surface area contributed by atoms with Crippen molar-refractivity contribution in [1.82, 2.24) is 19.3 Å². The Hall–Kier alpha value is -2.27. The third-order valence-electron chi connectivity index (χ3n) is 6.86. The molecule has 1 saturated heterocycles. The largest absolute Gasteiger partial charge is 0.413 e. The standard InChI is InChI=1S/C24H35N5O3SSi/c1-24(2,3)34(4,5)32-20-13-19(14-25-15-20)28-22-21-11-12-29(23(21)27-17-26-22)33(30,31)16-18-9-7-6-8-10-18/h6-12,17,19-20,25H,13-16H2,1-5H3,(H,26,27,28)/t19-,20+/m1/s1. The van der Waals surface area contributed by atoms with Crippen molar-refractivity contribution < 1.29 is 12.8 Å². The molecule has 184 valence electrons. The molecule has 3 heterocycles. The van der Waals surface area contributed by atoms with E-state index in [-0.39, 0.29) is 22.9 Å². The molecule has 34 heavy (non-hydrogen) atoms. The minimum absolute atomic E-state index is 0.0938. The van der Waals surface area contributed by atoms with Gasteiger partial charge in [0.1, 0.15) is 12.1 Å². The van der Waals surface area contributed by atoms with Gasteiger partial charge in [0.25, 0.3) is 0 Å². The third-order valence-corrected chi connectivity index (χ3v) is 13.0. The summed E-state index contributed by atoms with van der Waals surface area (Å²) < 4.78 is 34.1. The topological polar surface area (TPSA) is 98.1 Å². The predicted octanol–water partition coefficient (Wildman–Crippen LogP) is 3.97. The smallest absolute Gasteiger partial charge is 0.244 e. The summed E-state index contributed by atoms with van der Waals surface area (Å²) >= 11 is 0. The summed E-state index contributed by atoms with van der Waals surface area (Å²) in [4.78, 5) is 8.72. The van der Waals surface area contributed by atoms with Crippen LogP contribution in [-0.2, 0) is 20.2 Å². The van der Waals surface area contributed by atoms with Crippen LogP contribution in [0.15, 0.2) is 48.9 Å². The fraction of sp³-hybridized carbons (Fsp3) is 0.500. The number of nitrogens with zero attached hydrogens (tertiary/aromatic N) is 3. The van der Waals surface area contributed by atoms with Crippen LogP contribution in [0.5, 0.6) is 0 Å². The Balaban J connectivity index is 1.52. The van der Waals surface area contributed by atoms with Crippen molar-refractivity contribution in [2.75, 3.05) is 18.4 Å². The van der Waals surface area contributed by atoms with Crippen LogP contribution >= 0.6 is 0 Å². The zero-order chi connectivity index (χ0) is 24.6. The highest BCUT2D eigenvalue weighted by Crippen LogP contribution is 2.38. The van der Waals surface area contributed by atoms with Crippen LogP contribution in [0, 0.1) is 0 Å². The lowest BCUT2D eigenvalue weighted by Gasteiger charge is -2.41. The lowest BCUT2D eigenvalue weighted by Crippen LogP contribution is -2.52. The number of fused-ring (bicyclic) bond motifs is 1. The number of hydrogen-bond acceptors (Lipinski definition) is 7. The highest BCUT2D eigenvalue weighted by molar-refractivity contribution is 7.89. The van der Waals surface area contributed by atoms with E-state index in [0.29, 0.717) is 16.9 Å². The van der Waals surface area contributed by atoms with Crippen LogP contribution in [0.25, 0.3) is 11.0 Å². The maximum absolute atomic E-state index is 13.1. The summed E-state index contributed by atoms with van der Waals surface area (Å²) in [5, 5.41) is 7.82. The van der Waals surface area contributed by atoms with E-state index in [4.69, 9.17) is 4.43 Å². The maximum Gasteiger partial charge on any atom is 0.244 e. The number of hydrogen-bond donors (Lipinski definition) is 2. The SMILES string of the molecule is CC(C)(C)[Si](C)(C)O[C@@H]1CNC[C@H](Nc2ncnc3c2ccn3S(=O)(=O)Cc2ccccc2)C1. The summed E-state index contributed by atoms with van der Waals surface area (Å²) in [7, 11) is -5.49. The van der Waals surface area contributed by atoms with Crippen LogP contribution in [-0.4, -0.2) is 55.9 Å². The van der Waals surface area contributed by atoms with Gasteiger partial charge in [0, 0.05) is 25.3 Å². The van der Waals surface area contributed by atoms with Gasteiger partial charge in [0.15, 0.2) is 14.0 Å². The van der Waals surface area contributed by atoms with Crippen molar-refractivity contribution in [3.8, 4) is 0 Å². The number of anilines is 1. The highest BCUT2D eigenvalue weighted by Gasteiger charge is 2.40. The van der Waals surface area contributed by atoms with Gasteiger partial charge in [0.05, 0.1) is 17.2 Å². The van der Waals surface area contributed by atoms with E-state index in [9.17, 15) is 8.42 Å². The van der Waals surface area contributed by atoms with Crippen molar-refractivity contribution in [2.24, 2.45) is 0 Å². The van der Waals surface area contributed by atoms with Crippen LogP contribution in [0.4, 0.5) is 5.82 Å². The highest BCUT2D eigenvalue weighted by atomic mass is 32.2. The molecule has 0 radical (unpaired) electrons. The van der Waals surface area contributed by atoms with Crippen LogP contribution in [0.2, 0.25) is 18.1 Å². The first-order chi connectivity index (χ1) is 16.0. The first kappa shape index (κ1) is 24.8. The molecule has 4 rings (SSSR count). The molecule has 1 aromatic carbocycles. The van der Waals surface area contributed by atoms with E-state index >= 15 is 0 Å². The number of nitrogens with one attached hydrogen (secondary N) is 2. The van der Waals surface area contributed by atoms with Gasteiger partial charge in [0.2, 0.25) is 10.0 Å². The van der Waals surface area contributed by atoms with Gasteiger partial charge in [-0.1, -0.05) is 51.1 Å². The van der Waals surface area contributed by atoms with Gasteiger partial charge in [-0.2, -0.15) is 0 Å². The van der Waals surface area contributed by atoms with E-state index in [1.54, 1.807) is 12.3 Å². The lowest BCUT2D eigenvalue weighted by molar-refractivity contribution is 0.143. The minimum Gasteiger partial charge on any atom is -0.413 e. The molecule has 0 bridgehead atoms. The van der Waals surface area contributed by atoms with Crippen LogP contribution in [0.1, 0.15) is 32.8 Å². The molecule has 0 spiro atoms. The second kappa shape index (κ2) is 9.41. The molecule has 8 nitrogen and oxygen atoms in total. The lowest BCUT2D eigenvalue weighted by atomic mass is 10.1. The minimum atomic E-state index is -3.62. The number of aromatic nitrogens is 3. The molecule has 1 aliphatic rings. The zero-order valence-corrected chi connectivity index (χ0v) is 22.4. The first-order valence-corrected chi connectivity index (χ1v) is 16.2. The summed E-state index contributed by atoms with van der Waals surface area (Å²) in [6.45, 7) is 12.9. The Kier molecular flexibility index (Phi) is 6.87. The van der Waals surface area contributed by atoms with Gasteiger partial charge in [-0.15, -0.1) is 0 Å². The van der Waals surface area contributed by atoms with E-state index in [0.717, 1.165) is 25.1 Å². The monoisotopic (exact) mass is 501 g/mol. The molecule has 0 unspecified atom stereocenters. The van der Waals surface area contributed by atoms with Crippen molar-refractivity contribution in [1.29, 1.82) is 0 Å². The van der Waals surface area contributed by atoms with E-state index < -0.39 is 18.3 Å². The molecule has 3 aromatic rings. The average Bonchev–Trinajstić information content (AvgIpc) is 3.20. The van der Waals surface area contributed by atoms with Gasteiger partial charge >= 0.3 is 0 Å². The molecule has 2 atom stereocenters. The maximum atomic E-state index is 13.1.